The van der Waals surface area contributed by atoms with Crippen LogP contribution in [-0.2, 0) is 0 Å². The Balaban J connectivity index is 0.000000260. The Morgan fingerprint density at radius 1 is 1.00 bits per heavy atom. The van der Waals surface area contributed by atoms with E-state index in [1.54, 1.807) is 0 Å². The fourth-order valence-electron chi connectivity index (χ4n) is 3.34. The van der Waals surface area contributed by atoms with Crippen molar-refractivity contribution in [2.45, 2.75) is 31.8 Å². The van der Waals surface area contributed by atoms with Gasteiger partial charge in [0.05, 0.1) is 25.2 Å². The molecule has 2 fully saturated rings. The van der Waals surface area contributed by atoms with Crippen LogP contribution in [0.25, 0.3) is 11.0 Å². The molecule has 1 aromatic heterocycles. The van der Waals surface area contributed by atoms with Crippen molar-refractivity contribution in [2.75, 3.05) is 19.6 Å². The van der Waals surface area contributed by atoms with E-state index in [1.165, 1.54) is 32.4 Å². The molecule has 2 aromatic rings. The Kier molecular flexibility index (Phi) is 4.65. The topological polar surface area (TPSA) is 37.0 Å². The maximum absolute atomic E-state index is 10.7. The number of hydrogen-bond donors (Lipinski definition) is 0. The molecule has 4 rings (SSSR count). The number of hydrogen-bond acceptors (Lipinski definition) is 2. The molecule has 12 heteroatoms. The summed E-state index contributed by atoms with van der Waals surface area (Å²) in [5.41, 5.74) is 2.12. The molecular formula is C15H20F6N5P. The van der Waals surface area contributed by atoms with Crippen LogP contribution in [0.1, 0.15) is 31.8 Å². The van der Waals surface area contributed by atoms with E-state index < -0.39 is 7.81 Å². The summed E-state index contributed by atoms with van der Waals surface area (Å²) >= 11 is 0. The first-order valence-electron chi connectivity index (χ1n) is 8.58. The predicted molar refractivity (Wildman–Crippen MR) is 91.4 cm³/mol. The molecular weight excluding hydrogens is 395 g/mol. The zero-order chi connectivity index (χ0) is 19.8. The van der Waals surface area contributed by atoms with Crippen LogP contribution >= 0.6 is 7.81 Å². The summed E-state index contributed by atoms with van der Waals surface area (Å²) in [6, 6.07) is 8.22. The van der Waals surface area contributed by atoms with Crippen molar-refractivity contribution in [3.05, 3.63) is 24.3 Å². The Labute approximate surface area is 151 Å². The molecule has 2 aliphatic heterocycles. The summed E-state index contributed by atoms with van der Waals surface area (Å²) in [6.45, 7) is 3.51. The first-order valence-corrected chi connectivity index (χ1v) is 10.6. The van der Waals surface area contributed by atoms with Crippen molar-refractivity contribution in [3.8, 4) is 0 Å². The zero-order valence-corrected chi connectivity index (χ0v) is 15.3. The van der Waals surface area contributed by atoms with Gasteiger partial charge in [0, 0.05) is 6.42 Å². The quantitative estimate of drug-likeness (QED) is 0.291. The third-order valence-corrected chi connectivity index (χ3v) is 4.37. The molecule has 5 nitrogen and oxygen atoms in total. The van der Waals surface area contributed by atoms with Crippen LogP contribution in [-0.4, -0.2) is 50.4 Å². The molecule has 2 aliphatic rings. The van der Waals surface area contributed by atoms with Gasteiger partial charge in [0.25, 0.3) is 0 Å². The average Bonchev–Trinajstić information content (AvgIpc) is 3.24. The van der Waals surface area contributed by atoms with Crippen LogP contribution in [0.15, 0.2) is 24.3 Å². The van der Waals surface area contributed by atoms with Crippen LogP contribution < -0.4 is 0 Å². The van der Waals surface area contributed by atoms with E-state index in [9.17, 15) is 25.2 Å². The Morgan fingerprint density at radius 2 is 1.63 bits per heavy atom. The second kappa shape index (κ2) is 6.32. The summed E-state index contributed by atoms with van der Waals surface area (Å²) in [6.07, 6.45) is 7.66. The minimum atomic E-state index is -10.7. The van der Waals surface area contributed by atoms with Gasteiger partial charge in [0.15, 0.2) is 6.17 Å². The second-order valence-electron chi connectivity index (χ2n) is 6.70. The molecule has 0 saturated carbocycles. The van der Waals surface area contributed by atoms with Gasteiger partial charge in [0.1, 0.15) is 5.52 Å². The molecule has 1 aromatic carbocycles. The third kappa shape index (κ3) is 6.34. The monoisotopic (exact) mass is 415 g/mol. The van der Waals surface area contributed by atoms with E-state index in [-0.39, 0.29) is 0 Å². The summed E-state index contributed by atoms with van der Waals surface area (Å²) in [4.78, 5) is 2.44. The van der Waals surface area contributed by atoms with Crippen molar-refractivity contribution in [2.24, 2.45) is 0 Å². The molecule has 0 bridgehead atoms. The third-order valence-electron chi connectivity index (χ3n) is 4.37. The second-order valence-corrected chi connectivity index (χ2v) is 8.62. The number of nitrogens with zero attached hydrogens (tertiary/aromatic N) is 5. The van der Waals surface area contributed by atoms with Gasteiger partial charge in [-0.3, -0.25) is 4.90 Å². The van der Waals surface area contributed by atoms with Crippen molar-refractivity contribution in [3.63, 3.8) is 0 Å². The summed E-state index contributed by atoms with van der Waals surface area (Å²) in [7, 11) is -10.7. The standard InChI is InChI=1S/C15H20N5.F6P/c1-2-7-14-13(6-1)16-17-20(14)15-8-5-11-19(15)12-18-9-3-4-10-18;1-7(2,3,4,5)6/h1-2,6-7,12,15H,3-5,8-11H2;/q+1;-1. The molecule has 0 aliphatic carbocycles. The molecule has 0 radical (unpaired) electrons. The first kappa shape index (κ1) is 19.9. The first-order chi connectivity index (χ1) is 12.4. The molecule has 3 heterocycles. The van der Waals surface area contributed by atoms with Gasteiger partial charge in [-0.05, 0) is 31.4 Å². The number of benzene rings is 1. The average molecular weight is 415 g/mol. The van der Waals surface area contributed by atoms with E-state index >= 15 is 0 Å². The van der Waals surface area contributed by atoms with Crippen molar-refractivity contribution >= 4 is 25.2 Å². The van der Waals surface area contributed by atoms with Crippen LogP contribution in [0.2, 0.25) is 0 Å². The van der Waals surface area contributed by atoms with Gasteiger partial charge in [-0.15, -0.1) is 5.10 Å². The molecule has 0 amide bonds. The number of halogens is 6. The summed E-state index contributed by atoms with van der Waals surface area (Å²) in [5, 5.41) is 8.68. The molecule has 0 spiro atoms. The van der Waals surface area contributed by atoms with Crippen LogP contribution in [0.3, 0.4) is 0 Å². The molecule has 0 N–H and O–H groups in total. The van der Waals surface area contributed by atoms with Crippen LogP contribution in [0.4, 0.5) is 25.2 Å². The summed E-state index contributed by atoms with van der Waals surface area (Å²) < 4.78 is 63.7. The molecule has 2 saturated heterocycles. The Morgan fingerprint density at radius 3 is 2.30 bits per heavy atom. The maximum atomic E-state index is 9.87. The zero-order valence-electron chi connectivity index (χ0n) is 14.4. The molecule has 152 valence electrons. The van der Waals surface area contributed by atoms with Crippen molar-refractivity contribution in [1.29, 1.82) is 0 Å². The van der Waals surface area contributed by atoms with Crippen LogP contribution in [0, 0.1) is 0 Å². The molecule has 1 unspecified atom stereocenters. The van der Waals surface area contributed by atoms with Gasteiger partial charge in [-0.1, -0.05) is 17.3 Å². The fourth-order valence-corrected chi connectivity index (χ4v) is 3.34. The number of para-hydroxylation sites is 1. The van der Waals surface area contributed by atoms with E-state index in [4.69, 9.17) is 0 Å². The Hall–Kier alpha value is -1.90. The van der Waals surface area contributed by atoms with Crippen LogP contribution in [0.5, 0.6) is 0 Å². The number of likely N-dealkylation sites (tertiary alicyclic amines) is 1. The van der Waals surface area contributed by atoms with Crippen molar-refractivity contribution < 1.29 is 29.8 Å². The Bertz CT molecular complexity index is 830. The fraction of sp³-hybridized carbons (Fsp3) is 0.533. The molecule has 27 heavy (non-hydrogen) atoms. The normalized spacial score (nSPS) is 24.6. The number of aromatic nitrogens is 3. The van der Waals surface area contributed by atoms with Gasteiger partial charge >= 0.3 is 33.0 Å². The van der Waals surface area contributed by atoms with Crippen molar-refractivity contribution in [1.82, 2.24) is 19.9 Å². The summed E-state index contributed by atoms with van der Waals surface area (Å²) in [5.74, 6) is 0. The van der Waals surface area contributed by atoms with E-state index in [0.29, 0.717) is 6.17 Å². The van der Waals surface area contributed by atoms with Gasteiger partial charge in [-0.25, -0.2) is 9.26 Å². The van der Waals surface area contributed by atoms with Gasteiger partial charge in [-0.2, -0.15) is 0 Å². The predicted octanol–water partition coefficient (Wildman–Crippen LogP) is 5.24. The minimum absolute atomic E-state index is 0.322. The van der Waals surface area contributed by atoms with E-state index in [2.05, 4.69) is 42.9 Å². The van der Waals surface area contributed by atoms with Gasteiger partial charge < -0.3 is 0 Å². The number of fused-ring (bicyclic) bond motifs is 1. The SMILES string of the molecule is C(N1CCCC1)=[N+]1CCCC1n1nnc2ccccc21.F[P-](F)(F)(F)(F)F. The number of rotatable bonds is 2. The molecule has 1 atom stereocenters. The van der Waals surface area contributed by atoms with E-state index in [0.717, 1.165) is 24.0 Å². The van der Waals surface area contributed by atoms with E-state index in [1.807, 2.05) is 12.1 Å². The van der Waals surface area contributed by atoms with Gasteiger partial charge in [0.2, 0.25) is 6.34 Å².